The Kier molecular flexibility index (Phi) is 3.17. The SMILES string of the molecule is CCC(=O)c1cc(O)c(Cl)c(Cl)c1. The number of aromatic hydroxyl groups is 1. The van der Waals surface area contributed by atoms with Crippen LogP contribution in [-0.4, -0.2) is 10.9 Å². The fourth-order valence-electron chi connectivity index (χ4n) is 0.940. The van der Waals surface area contributed by atoms with E-state index in [0.717, 1.165) is 0 Å². The van der Waals surface area contributed by atoms with E-state index in [1.807, 2.05) is 0 Å². The largest absolute Gasteiger partial charge is 0.506 e. The standard InChI is InChI=1S/C9H8Cl2O2/c1-2-7(12)5-3-6(10)9(11)8(13)4-5/h3-4,13H,2H2,1H3. The van der Waals surface area contributed by atoms with Crippen molar-refractivity contribution in [2.45, 2.75) is 13.3 Å². The maximum Gasteiger partial charge on any atom is 0.162 e. The zero-order chi connectivity index (χ0) is 10.0. The number of carbonyl (C=O) groups excluding carboxylic acids is 1. The summed E-state index contributed by atoms with van der Waals surface area (Å²) in [5.41, 5.74) is 0.384. The monoisotopic (exact) mass is 218 g/mol. The number of hydrogen-bond donors (Lipinski definition) is 1. The number of hydrogen-bond acceptors (Lipinski definition) is 2. The van der Waals surface area contributed by atoms with E-state index in [-0.39, 0.29) is 21.6 Å². The van der Waals surface area contributed by atoms with Crippen molar-refractivity contribution in [2.75, 3.05) is 0 Å². The molecule has 1 rings (SSSR count). The van der Waals surface area contributed by atoms with Crippen LogP contribution in [0.4, 0.5) is 0 Å². The number of carbonyl (C=O) groups is 1. The molecule has 0 amide bonds. The molecule has 13 heavy (non-hydrogen) atoms. The van der Waals surface area contributed by atoms with Gasteiger partial charge < -0.3 is 5.11 Å². The van der Waals surface area contributed by atoms with E-state index in [1.165, 1.54) is 12.1 Å². The van der Waals surface area contributed by atoms with Crippen molar-refractivity contribution in [3.63, 3.8) is 0 Å². The molecular weight excluding hydrogens is 211 g/mol. The van der Waals surface area contributed by atoms with Gasteiger partial charge >= 0.3 is 0 Å². The van der Waals surface area contributed by atoms with Crippen molar-refractivity contribution in [1.29, 1.82) is 0 Å². The Morgan fingerprint density at radius 1 is 1.46 bits per heavy atom. The maximum atomic E-state index is 11.2. The van der Waals surface area contributed by atoms with Crippen molar-refractivity contribution in [1.82, 2.24) is 0 Å². The van der Waals surface area contributed by atoms with Crippen LogP contribution in [0.2, 0.25) is 10.0 Å². The van der Waals surface area contributed by atoms with Gasteiger partial charge in [-0.15, -0.1) is 0 Å². The quantitative estimate of drug-likeness (QED) is 0.774. The summed E-state index contributed by atoms with van der Waals surface area (Å²) < 4.78 is 0. The van der Waals surface area contributed by atoms with Gasteiger partial charge in [-0.1, -0.05) is 30.1 Å². The highest BCUT2D eigenvalue weighted by molar-refractivity contribution is 6.43. The van der Waals surface area contributed by atoms with Crippen molar-refractivity contribution in [3.8, 4) is 5.75 Å². The highest BCUT2D eigenvalue weighted by Crippen LogP contribution is 2.32. The van der Waals surface area contributed by atoms with E-state index in [0.29, 0.717) is 12.0 Å². The molecule has 0 bridgehead atoms. The fraction of sp³-hybridized carbons (Fsp3) is 0.222. The summed E-state index contributed by atoms with van der Waals surface area (Å²) in [7, 11) is 0. The third kappa shape index (κ3) is 2.14. The minimum absolute atomic E-state index is 0.0751. The summed E-state index contributed by atoms with van der Waals surface area (Å²) in [5, 5.41) is 9.53. The Balaban J connectivity index is 3.20. The molecule has 0 spiro atoms. The predicted octanol–water partition coefficient (Wildman–Crippen LogP) is 3.29. The van der Waals surface area contributed by atoms with Crippen LogP contribution in [0, 0.1) is 0 Å². The number of rotatable bonds is 2. The molecule has 0 aromatic heterocycles. The molecule has 0 unspecified atom stereocenters. The van der Waals surface area contributed by atoms with Crippen LogP contribution in [0.1, 0.15) is 23.7 Å². The van der Waals surface area contributed by atoms with Gasteiger partial charge in [0.2, 0.25) is 0 Å². The Morgan fingerprint density at radius 3 is 2.54 bits per heavy atom. The molecule has 0 aliphatic rings. The molecule has 0 aliphatic heterocycles. The number of halogens is 2. The van der Waals surface area contributed by atoms with Crippen molar-refractivity contribution < 1.29 is 9.90 Å². The summed E-state index contributed by atoms with van der Waals surface area (Å²) in [6.45, 7) is 1.74. The average molecular weight is 219 g/mol. The highest BCUT2D eigenvalue weighted by Gasteiger charge is 2.10. The zero-order valence-corrected chi connectivity index (χ0v) is 8.49. The van der Waals surface area contributed by atoms with Crippen LogP contribution < -0.4 is 0 Å². The van der Waals surface area contributed by atoms with Crippen LogP contribution in [0.15, 0.2) is 12.1 Å². The molecule has 0 fully saturated rings. The molecular formula is C9H8Cl2O2. The second kappa shape index (κ2) is 3.99. The molecule has 0 heterocycles. The van der Waals surface area contributed by atoms with Gasteiger partial charge in [0.15, 0.2) is 5.78 Å². The van der Waals surface area contributed by atoms with Crippen LogP contribution in [0.5, 0.6) is 5.75 Å². The van der Waals surface area contributed by atoms with E-state index in [2.05, 4.69) is 0 Å². The lowest BCUT2D eigenvalue weighted by Crippen LogP contribution is -1.96. The molecule has 2 nitrogen and oxygen atoms in total. The van der Waals surface area contributed by atoms with Gasteiger partial charge in [-0.05, 0) is 12.1 Å². The number of Topliss-reactive ketones (excluding diaryl/α,β-unsaturated/α-hetero) is 1. The van der Waals surface area contributed by atoms with Gasteiger partial charge in [0, 0.05) is 12.0 Å². The highest BCUT2D eigenvalue weighted by atomic mass is 35.5. The third-order valence-electron chi connectivity index (χ3n) is 1.65. The summed E-state index contributed by atoms with van der Waals surface area (Å²) >= 11 is 11.3. The van der Waals surface area contributed by atoms with Gasteiger partial charge in [-0.2, -0.15) is 0 Å². The fourth-order valence-corrected chi connectivity index (χ4v) is 1.26. The van der Waals surface area contributed by atoms with Gasteiger partial charge in [-0.25, -0.2) is 0 Å². The van der Waals surface area contributed by atoms with Crippen LogP contribution in [-0.2, 0) is 0 Å². The zero-order valence-electron chi connectivity index (χ0n) is 6.97. The normalized spacial score (nSPS) is 10.1. The number of ketones is 1. The number of benzene rings is 1. The molecule has 0 saturated carbocycles. The summed E-state index contributed by atoms with van der Waals surface area (Å²) in [6.07, 6.45) is 0.372. The molecule has 1 N–H and O–H groups in total. The van der Waals surface area contributed by atoms with E-state index in [9.17, 15) is 9.90 Å². The summed E-state index contributed by atoms with van der Waals surface area (Å²) in [6, 6.07) is 2.77. The second-order valence-corrected chi connectivity index (χ2v) is 3.35. The number of phenolic OH excluding ortho intramolecular Hbond substituents is 1. The second-order valence-electron chi connectivity index (χ2n) is 2.57. The predicted molar refractivity (Wildman–Crippen MR) is 52.7 cm³/mol. The Morgan fingerprint density at radius 2 is 2.08 bits per heavy atom. The lowest BCUT2D eigenvalue weighted by atomic mass is 10.1. The minimum atomic E-state index is -0.161. The van der Waals surface area contributed by atoms with E-state index >= 15 is 0 Å². The van der Waals surface area contributed by atoms with E-state index in [4.69, 9.17) is 23.2 Å². The Bertz CT molecular complexity index is 324. The average Bonchev–Trinajstić information content (AvgIpc) is 2.12. The van der Waals surface area contributed by atoms with Crippen molar-refractivity contribution >= 4 is 29.0 Å². The van der Waals surface area contributed by atoms with Crippen LogP contribution in [0.25, 0.3) is 0 Å². The Hall–Kier alpha value is -0.730. The first kappa shape index (κ1) is 10.4. The van der Waals surface area contributed by atoms with Crippen LogP contribution in [0.3, 0.4) is 0 Å². The molecule has 0 aliphatic carbocycles. The van der Waals surface area contributed by atoms with Crippen molar-refractivity contribution in [2.24, 2.45) is 0 Å². The van der Waals surface area contributed by atoms with Gasteiger partial charge in [0.25, 0.3) is 0 Å². The van der Waals surface area contributed by atoms with E-state index < -0.39 is 0 Å². The lowest BCUT2D eigenvalue weighted by molar-refractivity contribution is 0.0988. The van der Waals surface area contributed by atoms with Crippen molar-refractivity contribution in [3.05, 3.63) is 27.7 Å². The molecule has 70 valence electrons. The lowest BCUT2D eigenvalue weighted by Gasteiger charge is -2.02. The van der Waals surface area contributed by atoms with Gasteiger partial charge in [0.05, 0.1) is 5.02 Å². The van der Waals surface area contributed by atoms with E-state index in [1.54, 1.807) is 6.92 Å². The first-order valence-corrected chi connectivity index (χ1v) is 4.53. The molecule has 0 atom stereocenters. The molecule has 1 aromatic rings. The summed E-state index contributed by atoms with van der Waals surface area (Å²) in [4.78, 5) is 11.2. The smallest absolute Gasteiger partial charge is 0.162 e. The topological polar surface area (TPSA) is 37.3 Å². The Labute approximate surface area is 86.1 Å². The summed E-state index contributed by atoms with van der Waals surface area (Å²) in [5.74, 6) is -0.236. The molecule has 1 aromatic carbocycles. The molecule has 4 heteroatoms. The maximum absolute atomic E-state index is 11.2. The molecule has 0 radical (unpaired) electrons. The first-order valence-electron chi connectivity index (χ1n) is 3.77. The number of phenols is 1. The van der Waals surface area contributed by atoms with Gasteiger partial charge in [0.1, 0.15) is 10.8 Å². The first-order chi connectivity index (χ1) is 6.06. The minimum Gasteiger partial charge on any atom is -0.506 e. The van der Waals surface area contributed by atoms with Gasteiger partial charge in [-0.3, -0.25) is 4.79 Å². The molecule has 0 saturated heterocycles. The third-order valence-corrected chi connectivity index (χ3v) is 2.44. The van der Waals surface area contributed by atoms with Crippen LogP contribution >= 0.6 is 23.2 Å².